The van der Waals surface area contributed by atoms with Crippen LogP contribution in [0, 0.1) is 6.92 Å². The van der Waals surface area contributed by atoms with E-state index in [0.29, 0.717) is 5.75 Å². The third kappa shape index (κ3) is 2.34. The van der Waals surface area contributed by atoms with Gasteiger partial charge >= 0.3 is 10.3 Å². The van der Waals surface area contributed by atoms with Crippen LogP contribution in [-0.4, -0.2) is 8.42 Å². The Balaban J connectivity index is 2.23. The average Bonchev–Trinajstić information content (AvgIpc) is 2.39. The van der Waals surface area contributed by atoms with E-state index in [1.807, 2.05) is 49.4 Å². The van der Waals surface area contributed by atoms with Crippen LogP contribution in [0.1, 0.15) is 11.1 Å². The van der Waals surface area contributed by atoms with Crippen molar-refractivity contribution in [3.8, 4) is 16.9 Å². The van der Waals surface area contributed by atoms with Gasteiger partial charge in [-0.3, -0.25) is 0 Å². The molecule has 4 nitrogen and oxygen atoms in total. The SMILES string of the molecule is Cc1cc2c(c(-c3ccccc3)c1)OS(=O)(=O)NC2. The van der Waals surface area contributed by atoms with Crippen molar-refractivity contribution < 1.29 is 12.6 Å². The summed E-state index contributed by atoms with van der Waals surface area (Å²) in [5.74, 6) is 0.426. The molecule has 19 heavy (non-hydrogen) atoms. The van der Waals surface area contributed by atoms with Crippen molar-refractivity contribution in [3.05, 3.63) is 53.6 Å². The van der Waals surface area contributed by atoms with Crippen LogP contribution in [0.25, 0.3) is 11.1 Å². The van der Waals surface area contributed by atoms with Gasteiger partial charge in [0.25, 0.3) is 0 Å². The molecule has 0 aromatic heterocycles. The van der Waals surface area contributed by atoms with E-state index in [1.54, 1.807) is 0 Å². The van der Waals surface area contributed by atoms with Crippen molar-refractivity contribution in [1.29, 1.82) is 0 Å². The monoisotopic (exact) mass is 275 g/mol. The van der Waals surface area contributed by atoms with Crippen molar-refractivity contribution in [3.63, 3.8) is 0 Å². The summed E-state index contributed by atoms with van der Waals surface area (Å²) in [4.78, 5) is 0. The lowest BCUT2D eigenvalue weighted by molar-refractivity contribution is 0.454. The molecule has 2 aromatic rings. The third-order valence-corrected chi connectivity index (χ3v) is 3.91. The summed E-state index contributed by atoms with van der Waals surface area (Å²) in [7, 11) is -3.69. The van der Waals surface area contributed by atoms with Crippen LogP contribution in [0.5, 0.6) is 5.75 Å². The maximum absolute atomic E-state index is 11.5. The Morgan fingerprint density at radius 1 is 1.16 bits per heavy atom. The highest BCUT2D eigenvalue weighted by Crippen LogP contribution is 2.37. The number of benzene rings is 2. The molecule has 98 valence electrons. The summed E-state index contributed by atoms with van der Waals surface area (Å²) in [6.45, 7) is 2.25. The topological polar surface area (TPSA) is 55.4 Å². The summed E-state index contributed by atoms with van der Waals surface area (Å²) < 4.78 is 30.6. The number of nitrogens with one attached hydrogen (secondary N) is 1. The average molecular weight is 275 g/mol. The van der Waals surface area contributed by atoms with Crippen molar-refractivity contribution in [2.75, 3.05) is 0 Å². The van der Waals surface area contributed by atoms with Gasteiger partial charge in [0.05, 0.1) is 0 Å². The number of fused-ring (bicyclic) bond motifs is 1. The van der Waals surface area contributed by atoms with Crippen molar-refractivity contribution >= 4 is 10.3 Å². The van der Waals surface area contributed by atoms with Crippen LogP contribution >= 0.6 is 0 Å². The quantitative estimate of drug-likeness (QED) is 0.869. The van der Waals surface area contributed by atoms with Crippen LogP contribution in [0.15, 0.2) is 42.5 Å². The first-order chi connectivity index (χ1) is 9.05. The second-order valence-electron chi connectivity index (χ2n) is 4.53. The largest absolute Gasteiger partial charge is 0.382 e. The maximum Gasteiger partial charge on any atom is 0.382 e. The van der Waals surface area contributed by atoms with E-state index in [1.165, 1.54) is 0 Å². The molecule has 0 fully saturated rings. The van der Waals surface area contributed by atoms with Crippen molar-refractivity contribution in [2.45, 2.75) is 13.5 Å². The molecule has 0 aliphatic carbocycles. The Hall–Kier alpha value is -1.85. The van der Waals surface area contributed by atoms with Crippen LogP contribution in [0.2, 0.25) is 0 Å². The van der Waals surface area contributed by atoms with E-state index in [-0.39, 0.29) is 6.54 Å². The van der Waals surface area contributed by atoms with Gasteiger partial charge in [0.2, 0.25) is 0 Å². The Morgan fingerprint density at radius 3 is 2.63 bits per heavy atom. The lowest BCUT2D eigenvalue weighted by Gasteiger charge is -2.21. The summed E-state index contributed by atoms with van der Waals surface area (Å²) >= 11 is 0. The molecule has 0 saturated heterocycles. The highest BCUT2D eigenvalue weighted by atomic mass is 32.2. The summed E-state index contributed by atoms with van der Waals surface area (Å²) in [6, 6.07) is 13.5. The minimum absolute atomic E-state index is 0.263. The Bertz CT molecular complexity index is 724. The molecular formula is C14H13NO3S. The molecule has 0 amide bonds. The minimum Gasteiger partial charge on any atom is -0.370 e. The fourth-order valence-electron chi connectivity index (χ4n) is 2.22. The van der Waals surface area contributed by atoms with Gasteiger partial charge in [-0.05, 0) is 24.1 Å². The van der Waals surface area contributed by atoms with E-state index in [4.69, 9.17) is 4.18 Å². The molecule has 1 aliphatic heterocycles. The highest BCUT2D eigenvalue weighted by molar-refractivity contribution is 7.85. The number of rotatable bonds is 1. The van der Waals surface area contributed by atoms with Gasteiger partial charge in [-0.2, -0.15) is 13.1 Å². The second-order valence-corrected chi connectivity index (χ2v) is 5.89. The lowest BCUT2D eigenvalue weighted by atomic mass is 9.98. The van der Waals surface area contributed by atoms with E-state index in [0.717, 1.165) is 22.3 Å². The summed E-state index contributed by atoms with van der Waals surface area (Å²) in [5, 5.41) is 0. The van der Waals surface area contributed by atoms with Crippen molar-refractivity contribution in [2.24, 2.45) is 0 Å². The van der Waals surface area contributed by atoms with Crippen LogP contribution in [-0.2, 0) is 16.8 Å². The van der Waals surface area contributed by atoms with Crippen molar-refractivity contribution in [1.82, 2.24) is 4.72 Å². The molecule has 0 bridgehead atoms. The van der Waals surface area contributed by atoms with Gasteiger partial charge < -0.3 is 4.18 Å². The predicted octanol–water partition coefficient (Wildman–Crippen LogP) is 2.39. The predicted molar refractivity (Wildman–Crippen MR) is 73.0 cm³/mol. The molecule has 0 spiro atoms. The minimum atomic E-state index is -3.69. The summed E-state index contributed by atoms with van der Waals surface area (Å²) in [6.07, 6.45) is 0. The molecule has 0 radical (unpaired) electrons. The number of hydrogen-bond acceptors (Lipinski definition) is 3. The molecule has 2 aromatic carbocycles. The second kappa shape index (κ2) is 4.36. The third-order valence-electron chi connectivity index (χ3n) is 3.03. The summed E-state index contributed by atoms with van der Waals surface area (Å²) in [5.41, 5.74) is 3.68. The molecule has 0 saturated carbocycles. The van der Waals surface area contributed by atoms with E-state index in [9.17, 15) is 8.42 Å². The number of hydrogen-bond donors (Lipinski definition) is 1. The smallest absolute Gasteiger partial charge is 0.370 e. The van der Waals surface area contributed by atoms with E-state index < -0.39 is 10.3 Å². The van der Waals surface area contributed by atoms with Crippen LogP contribution in [0.3, 0.4) is 0 Å². The van der Waals surface area contributed by atoms with Gasteiger partial charge in [0, 0.05) is 17.7 Å². The Labute approximate surface area is 112 Å². The molecule has 0 atom stereocenters. The normalized spacial score (nSPS) is 16.5. The molecular weight excluding hydrogens is 262 g/mol. The van der Waals surface area contributed by atoms with Crippen LogP contribution < -0.4 is 8.91 Å². The first kappa shape index (κ1) is 12.2. The standard InChI is InChI=1S/C14H13NO3S/c1-10-7-12-9-15-19(16,17)18-14(12)13(8-10)11-5-3-2-4-6-11/h2-8,15H,9H2,1H3. The lowest BCUT2D eigenvalue weighted by Crippen LogP contribution is -2.32. The van der Waals surface area contributed by atoms with Gasteiger partial charge in [-0.15, -0.1) is 0 Å². The molecule has 0 unspecified atom stereocenters. The maximum atomic E-state index is 11.5. The Kier molecular flexibility index (Phi) is 2.80. The zero-order valence-electron chi connectivity index (χ0n) is 10.4. The molecule has 1 aliphatic rings. The van der Waals surface area contributed by atoms with Gasteiger partial charge in [0.15, 0.2) is 5.75 Å². The zero-order chi connectivity index (χ0) is 13.5. The van der Waals surface area contributed by atoms with E-state index >= 15 is 0 Å². The first-order valence-corrected chi connectivity index (χ1v) is 7.34. The number of aryl methyl sites for hydroxylation is 1. The van der Waals surface area contributed by atoms with Gasteiger partial charge in [0.1, 0.15) is 0 Å². The molecule has 1 heterocycles. The fourth-order valence-corrected chi connectivity index (χ4v) is 3.02. The molecule has 3 rings (SSSR count). The Morgan fingerprint density at radius 2 is 1.89 bits per heavy atom. The van der Waals surface area contributed by atoms with Gasteiger partial charge in [-0.1, -0.05) is 36.4 Å². The molecule has 1 N–H and O–H groups in total. The van der Waals surface area contributed by atoms with Crippen LogP contribution in [0.4, 0.5) is 0 Å². The van der Waals surface area contributed by atoms with Gasteiger partial charge in [-0.25, -0.2) is 0 Å². The zero-order valence-corrected chi connectivity index (χ0v) is 11.2. The highest BCUT2D eigenvalue weighted by Gasteiger charge is 2.25. The fraction of sp³-hybridized carbons (Fsp3) is 0.143. The first-order valence-electron chi connectivity index (χ1n) is 5.93. The van der Waals surface area contributed by atoms with E-state index in [2.05, 4.69) is 4.72 Å². The molecule has 5 heteroatoms.